The summed E-state index contributed by atoms with van der Waals surface area (Å²) in [4.78, 5) is 0. The van der Waals surface area contributed by atoms with E-state index in [2.05, 4.69) is 49.1 Å². The normalized spacial score (nSPS) is 12.7. The summed E-state index contributed by atoms with van der Waals surface area (Å²) in [5.41, 5.74) is 8.03. The molecule has 1 aromatic heterocycles. The van der Waals surface area contributed by atoms with E-state index < -0.39 is 0 Å². The summed E-state index contributed by atoms with van der Waals surface area (Å²) in [6, 6.07) is 6.39. The van der Waals surface area contributed by atoms with Crippen molar-refractivity contribution in [2.24, 2.45) is 5.73 Å². The molecular formula is C12H13Br2N3. The van der Waals surface area contributed by atoms with Crippen molar-refractivity contribution in [1.82, 2.24) is 9.78 Å². The molecular weight excluding hydrogens is 346 g/mol. The molecule has 2 rings (SSSR count). The highest BCUT2D eigenvalue weighted by atomic mass is 79.9. The molecule has 1 atom stereocenters. The van der Waals surface area contributed by atoms with Crippen molar-refractivity contribution in [3.8, 4) is 5.69 Å². The third-order valence-electron chi connectivity index (χ3n) is 2.37. The molecule has 0 aliphatic heterocycles. The minimum absolute atomic E-state index is 0.173. The highest BCUT2D eigenvalue weighted by Gasteiger charge is 2.06. The Hall–Kier alpha value is -0.650. The Bertz CT molecular complexity index is 520. The van der Waals surface area contributed by atoms with Crippen LogP contribution in [-0.4, -0.2) is 15.8 Å². The lowest BCUT2D eigenvalue weighted by Gasteiger charge is -2.09. The maximum Gasteiger partial charge on any atom is 0.0788 e. The van der Waals surface area contributed by atoms with Gasteiger partial charge in [0.25, 0.3) is 0 Å². The largest absolute Gasteiger partial charge is 0.328 e. The monoisotopic (exact) mass is 357 g/mol. The van der Waals surface area contributed by atoms with Crippen LogP contribution < -0.4 is 5.73 Å². The maximum absolute atomic E-state index is 5.79. The highest BCUT2D eigenvalue weighted by Crippen LogP contribution is 2.23. The van der Waals surface area contributed by atoms with Gasteiger partial charge in [-0.05, 0) is 62.9 Å². The van der Waals surface area contributed by atoms with E-state index >= 15 is 0 Å². The van der Waals surface area contributed by atoms with Gasteiger partial charge in [0.05, 0.1) is 16.4 Å². The summed E-state index contributed by atoms with van der Waals surface area (Å²) < 4.78 is 3.81. The van der Waals surface area contributed by atoms with Gasteiger partial charge >= 0.3 is 0 Å². The topological polar surface area (TPSA) is 43.8 Å². The standard InChI is InChI=1S/C12H13Br2N3/c1-8(15)4-9-2-3-12(11(14)5-9)17-7-10(13)6-16-17/h2-3,5-8H,4,15H2,1H3. The second-order valence-corrected chi connectivity index (χ2v) is 5.84. The van der Waals surface area contributed by atoms with E-state index in [9.17, 15) is 0 Å². The molecule has 1 heterocycles. The number of nitrogens with zero attached hydrogens (tertiary/aromatic N) is 2. The predicted molar refractivity (Wildman–Crippen MR) is 76.3 cm³/mol. The van der Waals surface area contributed by atoms with Gasteiger partial charge in [-0.2, -0.15) is 5.10 Å². The van der Waals surface area contributed by atoms with Gasteiger partial charge in [0.2, 0.25) is 0 Å². The van der Waals surface area contributed by atoms with Crippen LogP contribution in [0.5, 0.6) is 0 Å². The Morgan fingerprint density at radius 3 is 2.71 bits per heavy atom. The third kappa shape index (κ3) is 3.18. The molecule has 0 aliphatic rings. The SMILES string of the molecule is CC(N)Cc1ccc(-n2cc(Br)cn2)c(Br)c1. The summed E-state index contributed by atoms with van der Waals surface area (Å²) in [5.74, 6) is 0. The third-order valence-corrected chi connectivity index (χ3v) is 3.41. The van der Waals surface area contributed by atoms with Crippen LogP contribution in [0.4, 0.5) is 0 Å². The van der Waals surface area contributed by atoms with Crippen LogP contribution in [0.2, 0.25) is 0 Å². The predicted octanol–water partition coefficient (Wildman–Crippen LogP) is 3.29. The van der Waals surface area contributed by atoms with Crippen LogP contribution in [0.1, 0.15) is 12.5 Å². The first-order valence-corrected chi connectivity index (χ1v) is 6.89. The lowest BCUT2D eigenvalue weighted by molar-refractivity contribution is 0.737. The van der Waals surface area contributed by atoms with E-state index in [1.54, 1.807) is 6.20 Å². The molecule has 90 valence electrons. The zero-order valence-electron chi connectivity index (χ0n) is 9.40. The van der Waals surface area contributed by atoms with E-state index in [0.29, 0.717) is 0 Å². The Morgan fingerprint density at radius 2 is 2.18 bits per heavy atom. The van der Waals surface area contributed by atoms with E-state index in [1.165, 1.54) is 5.56 Å². The van der Waals surface area contributed by atoms with Gasteiger partial charge in [-0.15, -0.1) is 0 Å². The van der Waals surface area contributed by atoms with E-state index in [0.717, 1.165) is 21.1 Å². The molecule has 2 aromatic rings. The van der Waals surface area contributed by atoms with Gasteiger partial charge in [-0.1, -0.05) is 6.07 Å². The average Bonchev–Trinajstić information content (AvgIpc) is 2.64. The van der Waals surface area contributed by atoms with Crippen molar-refractivity contribution in [3.63, 3.8) is 0 Å². The number of halogens is 2. The molecule has 17 heavy (non-hydrogen) atoms. The molecule has 1 aromatic carbocycles. The van der Waals surface area contributed by atoms with Gasteiger partial charge in [-0.25, -0.2) is 4.68 Å². The second kappa shape index (κ2) is 5.33. The minimum Gasteiger partial charge on any atom is -0.328 e. The van der Waals surface area contributed by atoms with Crippen molar-refractivity contribution in [2.45, 2.75) is 19.4 Å². The van der Waals surface area contributed by atoms with Gasteiger partial charge in [-0.3, -0.25) is 0 Å². The van der Waals surface area contributed by atoms with Crippen LogP contribution >= 0.6 is 31.9 Å². The molecule has 5 heteroatoms. The van der Waals surface area contributed by atoms with Crippen molar-refractivity contribution in [3.05, 3.63) is 45.1 Å². The number of rotatable bonds is 3. The Balaban J connectivity index is 2.31. The fraction of sp³-hybridized carbons (Fsp3) is 0.250. The van der Waals surface area contributed by atoms with Crippen LogP contribution in [0.25, 0.3) is 5.69 Å². The number of hydrogen-bond donors (Lipinski definition) is 1. The van der Waals surface area contributed by atoms with Crippen LogP contribution in [0.3, 0.4) is 0 Å². The van der Waals surface area contributed by atoms with Crippen molar-refractivity contribution in [2.75, 3.05) is 0 Å². The molecule has 3 nitrogen and oxygen atoms in total. The zero-order valence-corrected chi connectivity index (χ0v) is 12.6. The lowest BCUT2D eigenvalue weighted by Crippen LogP contribution is -2.17. The van der Waals surface area contributed by atoms with Gasteiger partial charge in [0.1, 0.15) is 0 Å². The Labute approximate surface area is 117 Å². The van der Waals surface area contributed by atoms with Crippen molar-refractivity contribution >= 4 is 31.9 Å². The molecule has 0 amide bonds. The van der Waals surface area contributed by atoms with Gasteiger partial charge in [0.15, 0.2) is 0 Å². The summed E-state index contributed by atoms with van der Waals surface area (Å²) >= 11 is 6.95. The van der Waals surface area contributed by atoms with Crippen molar-refractivity contribution in [1.29, 1.82) is 0 Å². The molecule has 0 bridgehead atoms. The van der Waals surface area contributed by atoms with E-state index in [-0.39, 0.29) is 6.04 Å². The highest BCUT2D eigenvalue weighted by molar-refractivity contribution is 9.10. The first kappa shape index (κ1) is 12.8. The average molecular weight is 359 g/mol. The number of nitrogens with two attached hydrogens (primary N) is 1. The maximum atomic E-state index is 5.79. The Morgan fingerprint density at radius 1 is 1.41 bits per heavy atom. The molecule has 0 radical (unpaired) electrons. The molecule has 0 spiro atoms. The van der Waals surface area contributed by atoms with Crippen LogP contribution in [0.15, 0.2) is 39.5 Å². The molecule has 0 saturated heterocycles. The first-order valence-electron chi connectivity index (χ1n) is 5.31. The molecule has 0 aliphatic carbocycles. The summed E-state index contributed by atoms with van der Waals surface area (Å²) in [5, 5.41) is 4.25. The molecule has 0 saturated carbocycles. The fourth-order valence-electron chi connectivity index (χ4n) is 1.67. The smallest absolute Gasteiger partial charge is 0.0788 e. The lowest BCUT2D eigenvalue weighted by atomic mass is 10.1. The quantitative estimate of drug-likeness (QED) is 0.914. The van der Waals surface area contributed by atoms with E-state index in [4.69, 9.17) is 5.73 Å². The fourth-order valence-corrected chi connectivity index (χ4v) is 2.56. The van der Waals surface area contributed by atoms with E-state index in [1.807, 2.05) is 23.9 Å². The van der Waals surface area contributed by atoms with Gasteiger partial charge < -0.3 is 5.73 Å². The van der Waals surface area contributed by atoms with Crippen LogP contribution in [0, 0.1) is 0 Å². The number of hydrogen-bond acceptors (Lipinski definition) is 2. The Kier molecular flexibility index (Phi) is 4.01. The molecule has 1 unspecified atom stereocenters. The zero-order chi connectivity index (χ0) is 12.4. The first-order chi connectivity index (χ1) is 8.06. The second-order valence-electron chi connectivity index (χ2n) is 4.07. The van der Waals surface area contributed by atoms with Gasteiger partial charge in [0, 0.05) is 16.7 Å². The minimum atomic E-state index is 0.173. The summed E-state index contributed by atoms with van der Waals surface area (Å²) in [6.07, 6.45) is 4.56. The summed E-state index contributed by atoms with van der Waals surface area (Å²) in [7, 11) is 0. The molecule has 0 fully saturated rings. The van der Waals surface area contributed by atoms with Crippen molar-refractivity contribution < 1.29 is 0 Å². The number of aromatic nitrogens is 2. The van der Waals surface area contributed by atoms with Crippen LogP contribution in [-0.2, 0) is 6.42 Å². The summed E-state index contributed by atoms with van der Waals surface area (Å²) in [6.45, 7) is 2.01. The number of benzene rings is 1. The molecule has 2 N–H and O–H groups in total.